The van der Waals surface area contributed by atoms with Crippen LogP contribution in [0.15, 0.2) is 41.2 Å². The smallest absolute Gasteiger partial charge is 0.221 e. The largest absolute Gasteiger partial charge is 0.405 e. The topological polar surface area (TPSA) is 81.5 Å². The van der Waals surface area contributed by atoms with Gasteiger partial charge in [0, 0.05) is 17.8 Å². The Kier molecular flexibility index (Phi) is 7.27. The van der Waals surface area contributed by atoms with Gasteiger partial charge in [-0.2, -0.15) is 0 Å². The number of hydrogen-bond acceptors (Lipinski definition) is 3. The van der Waals surface area contributed by atoms with Crippen molar-refractivity contribution in [2.45, 2.75) is 59.3 Å². The number of primary amides is 1. The number of carbonyl (C=O) groups excluding carboxylic acids is 1. The molecule has 0 aromatic carbocycles. The Balaban J connectivity index is 2.92. The minimum Gasteiger partial charge on any atom is -0.405 e. The van der Waals surface area contributed by atoms with Crippen molar-refractivity contribution in [3.8, 4) is 0 Å². The van der Waals surface area contributed by atoms with E-state index in [0.29, 0.717) is 0 Å². The third-order valence-electron chi connectivity index (χ3n) is 4.77. The van der Waals surface area contributed by atoms with Gasteiger partial charge in [0.15, 0.2) is 0 Å². The lowest BCUT2D eigenvalue weighted by atomic mass is 9.80. The Bertz CT molecular complexity index is 521. The number of hydrogen-bond donors (Lipinski definition) is 2. The number of amides is 1. The number of aliphatic imine (C=N–C) groups is 1. The van der Waals surface area contributed by atoms with Crippen molar-refractivity contribution in [2.24, 2.45) is 27.8 Å². The van der Waals surface area contributed by atoms with Crippen LogP contribution in [-0.4, -0.2) is 11.6 Å². The zero-order chi connectivity index (χ0) is 17.5. The lowest BCUT2D eigenvalue weighted by Gasteiger charge is -2.24. The highest BCUT2D eigenvalue weighted by Crippen LogP contribution is 2.57. The predicted octanol–water partition coefficient (Wildman–Crippen LogP) is 3.84. The number of carbonyl (C=O) groups is 1. The third-order valence-corrected chi connectivity index (χ3v) is 4.77. The Morgan fingerprint density at radius 3 is 2.43 bits per heavy atom. The molecule has 0 heterocycles. The van der Waals surface area contributed by atoms with Gasteiger partial charge in [-0.1, -0.05) is 25.5 Å². The number of allylic oxidation sites excluding steroid dienone is 3. The van der Waals surface area contributed by atoms with E-state index in [1.165, 1.54) is 6.20 Å². The highest BCUT2D eigenvalue weighted by Gasteiger charge is 2.50. The average molecular weight is 317 g/mol. The van der Waals surface area contributed by atoms with E-state index in [4.69, 9.17) is 11.5 Å². The molecule has 1 fully saturated rings. The highest BCUT2D eigenvalue weighted by molar-refractivity contribution is 6.03. The quantitative estimate of drug-likeness (QED) is 0.474. The molecule has 128 valence electrons. The zero-order valence-electron chi connectivity index (χ0n) is 14.8. The Hall–Kier alpha value is -1.84. The first-order valence-corrected chi connectivity index (χ1v) is 8.45. The first-order valence-electron chi connectivity index (χ1n) is 8.45. The number of rotatable bonds is 10. The van der Waals surface area contributed by atoms with Crippen molar-refractivity contribution in [1.29, 1.82) is 0 Å². The van der Waals surface area contributed by atoms with Crippen LogP contribution in [0.2, 0.25) is 0 Å². The molecule has 1 aliphatic carbocycles. The molecule has 23 heavy (non-hydrogen) atoms. The van der Waals surface area contributed by atoms with E-state index < -0.39 is 0 Å². The van der Waals surface area contributed by atoms with Crippen molar-refractivity contribution in [1.82, 2.24) is 0 Å². The second-order valence-electron chi connectivity index (χ2n) is 6.64. The summed E-state index contributed by atoms with van der Waals surface area (Å²) >= 11 is 0. The van der Waals surface area contributed by atoms with Gasteiger partial charge in [-0.15, -0.1) is 0 Å². The van der Waals surface area contributed by atoms with Crippen LogP contribution in [-0.2, 0) is 4.79 Å². The Labute approximate surface area is 140 Å². The molecule has 4 N–H and O–H groups in total. The van der Waals surface area contributed by atoms with E-state index in [1.807, 2.05) is 19.9 Å². The summed E-state index contributed by atoms with van der Waals surface area (Å²) in [6, 6.07) is 0. The van der Waals surface area contributed by atoms with E-state index in [1.54, 1.807) is 6.20 Å². The Morgan fingerprint density at radius 1 is 1.39 bits per heavy atom. The summed E-state index contributed by atoms with van der Waals surface area (Å²) in [6.07, 6.45) is 10.8. The summed E-state index contributed by atoms with van der Waals surface area (Å²) in [7, 11) is 0. The summed E-state index contributed by atoms with van der Waals surface area (Å²) < 4.78 is 0. The van der Waals surface area contributed by atoms with Crippen LogP contribution in [0.4, 0.5) is 0 Å². The van der Waals surface area contributed by atoms with E-state index in [2.05, 4.69) is 18.5 Å². The van der Waals surface area contributed by atoms with Crippen LogP contribution in [0.25, 0.3) is 0 Å². The van der Waals surface area contributed by atoms with Crippen LogP contribution in [0.3, 0.4) is 0 Å². The minimum absolute atomic E-state index is 0.0160. The first kappa shape index (κ1) is 19.2. The molecule has 1 amide bonds. The Morgan fingerprint density at radius 2 is 2.04 bits per heavy atom. The van der Waals surface area contributed by atoms with Gasteiger partial charge < -0.3 is 11.5 Å². The van der Waals surface area contributed by atoms with Gasteiger partial charge >= 0.3 is 0 Å². The fraction of sp³-hybridized carbons (Fsp3) is 0.579. The molecule has 0 aromatic heterocycles. The summed E-state index contributed by atoms with van der Waals surface area (Å²) in [5.74, 6) is -0.173. The zero-order valence-corrected chi connectivity index (χ0v) is 14.8. The molecule has 0 bridgehead atoms. The van der Waals surface area contributed by atoms with Crippen LogP contribution in [0.1, 0.15) is 59.3 Å². The molecule has 0 unspecified atom stereocenters. The molecule has 0 aromatic rings. The summed E-state index contributed by atoms with van der Waals surface area (Å²) in [6.45, 7) is 9.91. The lowest BCUT2D eigenvalue weighted by Crippen LogP contribution is -2.31. The van der Waals surface area contributed by atoms with Crippen molar-refractivity contribution >= 4 is 11.6 Å². The van der Waals surface area contributed by atoms with E-state index in [0.717, 1.165) is 55.4 Å². The van der Waals surface area contributed by atoms with Gasteiger partial charge in [-0.05, 0) is 69.2 Å². The van der Waals surface area contributed by atoms with E-state index in [-0.39, 0.29) is 17.2 Å². The van der Waals surface area contributed by atoms with Gasteiger partial charge in [0.05, 0.1) is 0 Å². The van der Waals surface area contributed by atoms with Crippen LogP contribution < -0.4 is 11.5 Å². The summed E-state index contributed by atoms with van der Waals surface area (Å²) in [4.78, 5) is 16.3. The number of nitrogens with zero attached hydrogens (tertiary/aromatic N) is 1. The lowest BCUT2D eigenvalue weighted by molar-refractivity contribution is -0.124. The third kappa shape index (κ3) is 5.08. The molecule has 1 atom stereocenters. The minimum atomic E-state index is -0.157. The molecule has 1 rings (SSSR count). The molecule has 4 heteroatoms. The predicted molar refractivity (Wildman–Crippen MR) is 97.8 cm³/mol. The fourth-order valence-corrected chi connectivity index (χ4v) is 3.37. The summed E-state index contributed by atoms with van der Waals surface area (Å²) in [5, 5.41) is 0. The number of nitrogens with two attached hydrogens (primary N) is 2. The van der Waals surface area contributed by atoms with Crippen LogP contribution >= 0.6 is 0 Å². The average Bonchev–Trinajstić information content (AvgIpc) is 3.27. The first-order chi connectivity index (χ1) is 10.9. The monoisotopic (exact) mass is 317 g/mol. The maximum absolute atomic E-state index is 11.8. The van der Waals surface area contributed by atoms with Gasteiger partial charge in [-0.25, -0.2) is 0 Å². The normalized spacial score (nSPS) is 17.8. The molecular formula is C19H31N3O. The summed E-state index contributed by atoms with van der Waals surface area (Å²) in [5.41, 5.74) is 14.5. The van der Waals surface area contributed by atoms with Crippen LogP contribution in [0.5, 0.6) is 0 Å². The highest BCUT2D eigenvalue weighted by atomic mass is 16.1. The maximum atomic E-state index is 11.8. The molecule has 1 saturated carbocycles. The van der Waals surface area contributed by atoms with Crippen molar-refractivity contribution in [3.05, 3.63) is 36.2 Å². The van der Waals surface area contributed by atoms with E-state index in [9.17, 15) is 4.79 Å². The van der Waals surface area contributed by atoms with E-state index >= 15 is 0 Å². The second-order valence-corrected chi connectivity index (χ2v) is 6.64. The van der Waals surface area contributed by atoms with Gasteiger partial charge in [-0.3, -0.25) is 9.79 Å². The molecule has 4 nitrogen and oxygen atoms in total. The fourth-order valence-electron chi connectivity index (χ4n) is 3.37. The molecule has 0 saturated heterocycles. The van der Waals surface area contributed by atoms with Crippen LogP contribution in [0, 0.1) is 11.3 Å². The van der Waals surface area contributed by atoms with Gasteiger partial charge in [0.1, 0.15) is 0 Å². The maximum Gasteiger partial charge on any atom is 0.221 e. The molecule has 1 aliphatic rings. The molecule has 0 aliphatic heterocycles. The van der Waals surface area contributed by atoms with Crippen molar-refractivity contribution in [2.75, 3.05) is 0 Å². The van der Waals surface area contributed by atoms with Gasteiger partial charge in [0.2, 0.25) is 5.91 Å². The van der Waals surface area contributed by atoms with Crippen molar-refractivity contribution in [3.63, 3.8) is 0 Å². The standard InChI is InChI=1S/C19H31N3O/c1-5-7-16(18(21)23)19(11-12-19)10-8-17(22-6-2)15(9-13-20)14(3)4/h6,9,13,16H,2,5,7-8,10-12,20H2,1,3-4H3,(H2,21,23)/b13-9-,22-17?/t16-/m1/s1. The molecule has 0 spiro atoms. The van der Waals surface area contributed by atoms with Crippen molar-refractivity contribution < 1.29 is 4.79 Å². The second kappa shape index (κ2) is 8.70. The molecule has 0 radical (unpaired) electrons. The molecular weight excluding hydrogens is 286 g/mol. The van der Waals surface area contributed by atoms with Gasteiger partial charge in [0.25, 0.3) is 0 Å². The SMILES string of the molecule is C=CN=C(CCC1([C@H](CCC)C(N)=O)CC1)C(/C=C\N)=C(C)C.